The molecular formula is C24H22Cl2F3N5O7S. The highest BCUT2D eigenvalue weighted by atomic mass is 35.5. The third kappa shape index (κ3) is 7.61. The Kier molecular flexibility index (Phi) is 9.20. The second-order valence-electron chi connectivity index (χ2n) is 9.18. The first kappa shape index (κ1) is 31.3. The minimum atomic E-state index is -5.16. The van der Waals surface area contributed by atoms with Crippen molar-refractivity contribution in [3.8, 4) is 22.9 Å². The molecule has 12 nitrogen and oxygen atoms in total. The molecule has 3 aromatic rings. The number of nitrogens with one attached hydrogen (secondary N) is 3. The van der Waals surface area contributed by atoms with Gasteiger partial charge in [-0.2, -0.15) is 23.0 Å². The molecule has 1 aromatic heterocycles. The summed E-state index contributed by atoms with van der Waals surface area (Å²) in [4.78, 5) is 36.4. The number of halogens is 5. The maximum Gasteiger partial charge on any atom is 0.440 e. The van der Waals surface area contributed by atoms with E-state index in [4.69, 9.17) is 27.9 Å². The van der Waals surface area contributed by atoms with Crippen molar-refractivity contribution in [2.75, 3.05) is 6.54 Å². The molecule has 4 N–H and O–H groups in total. The molecule has 0 saturated heterocycles. The van der Waals surface area contributed by atoms with E-state index in [1.807, 2.05) is 0 Å². The molecule has 1 heterocycles. The van der Waals surface area contributed by atoms with E-state index in [0.29, 0.717) is 12.8 Å². The second-order valence-corrected chi connectivity index (χ2v) is 11.7. The lowest BCUT2D eigenvalue weighted by atomic mass is 10.2. The summed E-state index contributed by atoms with van der Waals surface area (Å²) in [5.74, 6) is -1.08. The quantitative estimate of drug-likeness (QED) is 0.228. The lowest BCUT2D eigenvalue weighted by molar-refractivity contribution is -0.143. The number of carbonyl (C=O) groups is 1. The summed E-state index contributed by atoms with van der Waals surface area (Å²) < 4.78 is 73.1. The molecule has 0 unspecified atom stereocenters. The predicted molar refractivity (Wildman–Crippen MR) is 144 cm³/mol. The fourth-order valence-electron chi connectivity index (χ4n) is 3.64. The third-order valence-electron chi connectivity index (χ3n) is 5.83. The van der Waals surface area contributed by atoms with Gasteiger partial charge in [0, 0.05) is 25.1 Å². The van der Waals surface area contributed by atoms with Crippen LogP contribution in [0, 0.1) is 0 Å². The number of hydrogen-bond donors (Lipinski definition) is 4. The monoisotopic (exact) mass is 651 g/mol. The zero-order chi connectivity index (χ0) is 30.8. The summed E-state index contributed by atoms with van der Waals surface area (Å²) in [6.45, 7) is -0.00308. The smallest absolute Gasteiger partial charge is 0.440 e. The zero-order valence-electron chi connectivity index (χ0n) is 21.3. The molecule has 0 atom stereocenters. The third-order valence-corrected chi connectivity index (χ3v) is 7.88. The van der Waals surface area contributed by atoms with E-state index in [9.17, 15) is 41.1 Å². The highest BCUT2D eigenvalue weighted by Crippen LogP contribution is 2.39. The number of H-pyrrole nitrogens is 1. The highest BCUT2D eigenvalue weighted by Gasteiger charge is 2.37. The van der Waals surface area contributed by atoms with Crippen LogP contribution in [0.5, 0.6) is 17.2 Å². The molecule has 0 aliphatic heterocycles. The van der Waals surface area contributed by atoms with Crippen LogP contribution in [-0.2, 0) is 21.0 Å². The molecule has 2 aromatic carbocycles. The number of unbranched alkanes of at least 4 members (excludes halogenated alkanes) is 1. The Labute approximate surface area is 245 Å². The molecule has 0 bridgehead atoms. The Bertz CT molecular complexity index is 1720. The number of phenols is 1. The molecule has 0 spiro atoms. The first-order valence-electron chi connectivity index (χ1n) is 12.3. The van der Waals surface area contributed by atoms with Crippen molar-refractivity contribution in [3.63, 3.8) is 0 Å². The molecule has 42 heavy (non-hydrogen) atoms. The van der Waals surface area contributed by atoms with Crippen LogP contribution in [0.2, 0.25) is 10.0 Å². The summed E-state index contributed by atoms with van der Waals surface area (Å²) in [7, 11) is -4.22. The van der Waals surface area contributed by atoms with Crippen LogP contribution < -0.4 is 26.0 Å². The van der Waals surface area contributed by atoms with Gasteiger partial charge in [0.15, 0.2) is 5.75 Å². The number of aromatic amines is 1. The number of alkyl halides is 3. The average molecular weight is 652 g/mol. The molecule has 226 valence electrons. The van der Waals surface area contributed by atoms with Gasteiger partial charge in [-0.05, 0) is 49.9 Å². The Morgan fingerprint density at radius 2 is 1.81 bits per heavy atom. The Morgan fingerprint density at radius 3 is 2.43 bits per heavy atom. The van der Waals surface area contributed by atoms with Gasteiger partial charge in [-0.15, -0.1) is 0 Å². The van der Waals surface area contributed by atoms with Crippen molar-refractivity contribution >= 4 is 39.1 Å². The number of aromatic nitrogens is 3. The van der Waals surface area contributed by atoms with Gasteiger partial charge in [0.05, 0.1) is 15.7 Å². The van der Waals surface area contributed by atoms with Gasteiger partial charge in [-0.3, -0.25) is 14.6 Å². The predicted octanol–water partition coefficient (Wildman–Crippen LogP) is 3.47. The molecule has 1 saturated carbocycles. The Morgan fingerprint density at radius 1 is 1.14 bits per heavy atom. The largest absolute Gasteiger partial charge is 0.507 e. The van der Waals surface area contributed by atoms with Crippen molar-refractivity contribution in [1.29, 1.82) is 0 Å². The van der Waals surface area contributed by atoms with E-state index in [0.717, 1.165) is 37.1 Å². The fraction of sp³-hybridized carbons (Fsp3) is 0.333. The normalized spacial score (nSPS) is 13.6. The van der Waals surface area contributed by atoms with Crippen molar-refractivity contribution in [3.05, 3.63) is 66.9 Å². The molecule has 1 amide bonds. The van der Waals surface area contributed by atoms with E-state index in [-0.39, 0.29) is 56.8 Å². The van der Waals surface area contributed by atoms with Crippen molar-refractivity contribution < 1.29 is 36.2 Å². The number of nitrogens with zero attached hydrogens (tertiary/aromatic N) is 2. The maximum absolute atomic E-state index is 13.1. The minimum absolute atomic E-state index is 0.00308. The van der Waals surface area contributed by atoms with E-state index in [2.05, 4.69) is 15.1 Å². The SMILES string of the molecule is O=C(CCCCNS(=O)(=O)c1cc(Oc2c(Cl)cc(-n3nc(C(F)(F)F)c(=O)[nH]c3=O)cc2Cl)ccc1O)NC1CC1. The lowest BCUT2D eigenvalue weighted by Crippen LogP contribution is -2.37. The van der Waals surface area contributed by atoms with E-state index in [1.54, 1.807) is 0 Å². The number of amides is 1. The number of benzene rings is 2. The van der Waals surface area contributed by atoms with Crippen LogP contribution in [0.4, 0.5) is 13.2 Å². The summed E-state index contributed by atoms with van der Waals surface area (Å²) in [5, 5.41) is 15.5. The van der Waals surface area contributed by atoms with E-state index < -0.39 is 43.8 Å². The lowest BCUT2D eigenvalue weighted by Gasteiger charge is -2.14. The Hall–Kier alpha value is -3.60. The summed E-state index contributed by atoms with van der Waals surface area (Å²) in [6, 6.07) is 5.45. The van der Waals surface area contributed by atoms with Crippen molar-refractivity contribution in [2.24, 2.45) is 0 Å². The average Bonchev–Trinajstić information content (AvgIpc) is 3.69. The van der Waals surface area contributed by atoms with Gasteiger partial charge in [-0.25, -0.2) is 17.9 Å². The van der Waals surface area contributed by atoms with Gasteiger partial charge in [0.25, 0.3) is 5.56 Å². The minimum Gasteiger partial charge on any atom is -0.507 e. The van der Waals surface area contributed by atoms with Gasteiger partial charge in [0.2, 0.25) is 21.6 Å². The highest BCUT2D eigenvalue weighted by molar-refractivity contribution is 7.89. The number of rotatable bonds is 11. The van der Waals surface area contributed by atoms with Crippen LogP contribution >= 0.6 is 23.2 Å². The number of aromatic hydroxyl groups is 1. The van der Waals surface area contributed by atoms with Gasteiger partial charge < -0.3 is 15.2 Å². The summed E-state index contributed by atoms with van der Waals surface area (Å²) in [6.07, 6.45) is -2.17. The summed E-state index contributed by atoms with van der Waals surface area (Å²) in [5.41, 5.74) is -5.24. The molecule has 18 heteroatoms. The van der Waals surface area contributed by atoms with Gasteiger partial charge >= 0.3 is 11.9 Å². The first-order chi connectivity index (χ1) is 19.7. The van der Waals surface area contributed by atoms with Crippen LogP contribution in [0.3, 0.4) is 0 Å². The number of phenolic OH excluding ortho intramolecular Hbond substituents is 1. The molecule has 0 radical (unpaired) electrons. The number of hydrogen-bond acceptors (Lipinski definition) is 8. The standard InChI is InChI=1S/C24H22Cl2F3N5O7S/c25-15-9-13(34-23(38)32-22(37)21(33-34)24(27,28)29)10-16(26)20(15)41-14-6-7-17(35)18(11-14)42(39,40)30-8-2-1-3-19(36)31-12-4-5-12/h6-7,9-12,30,35H,1-5,8H2,(H,31,36)(H,32,37,38). The molecule has 4 rings (SSSR count). The van der Waals surface area contributed by atoms with Gasteiger partial charge in [0.1, 0.15) is 16.4 Å². The Balaban J connectivity index is 1.49. The number of sulfonamides is 1. The molecule has 1 aliphatic rings. The van der Waals surface area contributed by atoms with Crippen LogP contribution in [-0.4, -0.2) is 46.8 Å². The fourth-order valence-corrected chi connectivity index (χ4v) is 5.38. The topological polar surface area (TPSA) is 172 Å². The van der Waals surface area contributed by atoms with Crippen LogP contribution in [0.1, 0.15) is 37.8 Å². The van der Waals surface area contributed by atoms with Crippen LogP contribution in [0.15, 0.2) is 44.8 Å². The maximum atomic E-state index is 13.1. The molecular weight excluding hydrogens is 630 g/mol. The number of ether oxygens (including phenoxy) is 1. The van der Waals surface area contributed by atoms with E-state index >= 15 is 0 Å². The van der Waals surface area contributed by atoms with Crippen molar-refractivity contribution in [2.45, 2.75) is 49.2 Å². The molecule has 1 aliphatic carbocycles. The summed E-state index contributed by atoms with van der Waals surface area (Å²) >= 11 is 12.4. The van der Waals surface area contributed by atoms with E-state index in [1.165, 1.54) is 11.1 Å². The second kappa shape index (κ2) is 12.3. The zero-order valence-corrected chi connectivity index (χ0v) is 23.6. The molecule has 1 fully saturated rings. The van der Waals surface area contributed by atoms with Crippen molar-refractivity contribution in [1.82, 2.24) is 24.8 Å². The van der Waals surface area contributed by atoms with Gasteiger partial charge in [-0.1, -0.05) is 23.2 Å². The van der Waals surface area contributed by atoms with Crippen LogP contribution in [0.25, 0.3) is 5.69 Å². The number of carbonyl (C=O) groups excluding carboxylic acids is 1. The first-order valence-corrected chi connectivity index (χ1v) is 14.5.